The maximum atomic E-state index is 12.0. The van der Waals surface area contributed by atoms with E-state index >= 15 is 0 Å². The minimum atomic E-state index is -3.30. The lowest BCUT2D eigenvalue weighted by atomic mass is 10.1. The van der Waals surface area contributed by atoms with Gasteiger partial charge in [-0.1, -0.05) is 0 Å². The van der Waals surface area contributed by atoms with Gasteiger partial charge >= 0.3 is 0 Å². The molecule has 6 heteroatoms. The molecule has 16 heavy (non-hydrogen) atoms. The van der Waals surface area contributed by atoms with Crippen molar-refractivity contribution >= 4 is 15.7 Å². The Hall–Kier alpha value is -0.620. The minimum absolute atomic E-state index is 0.208. The first-order valence-corrected chi connectivity index (χ1v) is 7.41. The first kappa shape index (κ1) is 13.4. The van der Waals surface area contributed by atoms with Crippen molar-refractivity contribution in [3.63, 3.8) is 0 Å². The van der Waals surface area contributed by atoms with Gasteiger partial charge in [-0.15, -0.1) is 0 Å². The van der Waals surface area contributed by atoms with Gasteiger partial charge in [-0.05, 0) is 20.8 Å². The van der Waals surface area contributed by atoms with Crippen LogP contribution < -0.4 is 5.32 Å². The lowest BCUT2D eigenvalue weighted by Crippen LogP contribution is -2.58. The minimum Gasteiger partial charge on any atom is -0.338 e. The fourth-order valence-electron chi connectivity index (χ4n) is 1.95. The van der Waals surface area contributed by atoms with Crippen molar-refractivity contribution in [2.24, 2.45) is 0 Å². The highest BCUT2D eigenvalue weighted by Crippen LogP contribution is 2.09. The first-order chi connectivity index (χ1) is 7.21. The molecular formula is C10H20N2O3S. The number of sulfone groups is 1. The number of nitrogens with zero attached hydrogens (tertiary/aromatic N) is 1. The zero-order chi connectivity index (χ0) is 12.5. The standard InChI is InChI=1S/C10H20N2O3S/c1-7-5-12(6-8(2)11-7)10(13)9(3)16(4,14)15/h7-9,11H,5-6H2,1-4H3. The Bertz CT molecular complexity index is 356. The molecule has 5 nitrogen and oxygen atoms in total. The summed E-state index contributed by atoms with van der Waals surface area (Å²) in [5.41, 5.74) is 0. The van der Waals surface area contributed by atoms with E-state index in [2.05, 4.69) is 5.32 Å². The molecule has 1 amide bonds. The van der Waals surface area contributed by atoms with Crippen LogP contribution in [0.4, 0.5) is 0 Å². The average molecular weight is 248 g/mol. The lowest BCUT2D eigenvalue weighted by molar-refractivity contribution is -0.132. The van der Waals surface area contributed by atoms with Crippen molar-refractivity contribution in [2.75, 3.05) is 19.3 Å². The van der Waals surface area contributed by atoms with Crippen LogP contribution in [0, 0.1) is 0 Å². The summed E-state index contributed by atoms with van der Waals surface area (Å²) in [5, 5.41) is 2.36. The molecule has 1 heterocycles. The number of amides is 1. The van der Waals surface area contributed by atoms with Crippen LogP contribution in [0.25, 0.3) is 0 Å². The van der Waals surface area contributed by atoms with E-state index in [1.54, 1.807) is 4.90 Å². The Balaban J connectivity index is 2.74. The summed E-state index contributed by atoms with van der Waals surface area (Å²) in [6, 6.07) is 0.416. The van der Waals surface area contributed by atoms with E-state index in [0.29, 0.717) is 13.1 Å². The van der Waals surface area contributed by atoms with Gasteiger partial charge < -0.3 is 10.2 Å². The Labute approximate surface area is 97.1 Å². The van der Waals surface area contributed by atoms with Gasteiger partial charge in [0, 0.05) is 31.4 Å². The molecule has 0 aromatic carbocycles. The molecule has 0 aliphatic carbocycles. The van der Waals surface area contributed by atoms with Crippen molar-refractivity contribution in [2.45, 2.75) is 38.1 Å². The van der Waals surface area contributed by atoms with Crippen molar-refractivity contribution < 1.29 is 13.2 Å². The van der Waals surface area contributed by atoms with Gasteiger partial charge in [-0.25, -0.2) is 8.42 Å². The molecule has 0 spiro atoms. The van der Waals surface area contributed by atoms with Gasteiger partial charge in [0.2, 0.25) is 5.91 Å². The van der Waals surface area contributed by atoms with E-state index in [0.717, 1.165) is 6.26 Å². The average Bonchev–Trinajstić information content (AvgIpc) is 2.12. The fourth-order valence-corrected chi connectivity index (χ4v) is 2.46. The third kappa shape index (κ3) is 3.18. The third-order valence-electron chi connectivity index (χ3n) is 2.86. The molecule has 3 atom stereocenters. The van der Waals surface area contributed by atoms with Gasteiger partial charge in [-0.2, -0.15) is 0 Å². The van der Waals surface area contributed by atoms with Gasteiger partial charge in [0.05, 0.1) is 0 Å². The normalized spacial score (nSPS) is 28.9. The van der Waals surface area contributed by atoms with Crippen LogP contribution in [0.1, 0.15) is 20.8 Å². The molecule has 3 unspecified atom stereocenters. The third-order valence-corrected chi connectivity index (χ3v) is 4.35. The molecule has 0 aromatic heterocycles. The van der Waals surface area contributed by atoms with E-state index in [9.17, 15) is 13.2 Å². The van der Waals surface area contributed by atoms with Crippen LogP contribution >= 0.6 is 0 Å². The van der Waals surface area contributed by atoms with E-state index in [1.165, 1.54) is 6.92 Å². The molecule has 1 fully saturated rings. The zero-order valence-corrected chi connectivity index (χ0v) is 11.0. The van der Waals surface area contributed by atoms with Gasteiger partial charge in [0.15, 0.2) is 9.84 Å². The van der Waals surface area contributed by atoms with Gasteiger partial charge in [0.1, 0.15) is 5.25 Å². The molecule has 1 rings (SSSR count). The highest BCUT2D eigenvalue weighted by molar-refractivity contribution is 7.92. The summed E-state index contributed by atoms with van der Waals surface area (Å²) in [6.45, 7) is 6.57. The summed E-state index contributed by atoms with van der Waals surface area (Å²) in [5.74, 6) is -0.289. The van der Waals surface area contributed by atoms with E-state index < -0.39 is 15.1 Å². The molecule has 0 radical (unpaired) electrons. The summed E-state index contributed by atoms with van der Waals surface area (Å²) in [7, 11) is -3.30. The summed E-state index contributed by atoms with van der Waals surface area (Å²) >= 11 is 0. The lowest BCUT2D eigenvalue weighted by Gasteiger charge is -2.37. The predicted molar refractivity (Wildman–Crippen MR) is 62.9 cm³/mol. The number of carbonyl (C=O) groups excluding carboxylic acids is 1. The molecule has 1 aliphatic rings. The van der Waals surface area contributed by atoms with Crippen molar-refractivity contribution in [1.29, 1.82) is 0 Å². The molecule has 1 aliphatic heterocycles. The molecule has 0 aromatic rings. The number of rotatable bonds is 2. The summed E-state index contributed by atoms with van der Waals surface area (Å²) in [4.78, 5) is 13.6. The fraction of sp³-hybridized carbons (Fsp3) is 0.900. The Morgan fingerprint density at radius 1 is 1.31 bits per heavy atom. The summed E-state index contributed by atoms with van der Waals surface area (Å²) in [6.07, 6.45) is 1.10. The second-order valence-corrected chi connectivity index (χ2v) is 7.05. The quantitative estimate of drug-likeness (QED) is 0.724. The SMILES string of the molecule is CC1CN(C(=O)C(C)S(C)(=O)=O)CC(C)N1. The van der Waals surface area contributed by atoms with Crippen LogP contribution in [0.15, 0.2) is 0 Å². The summed E-state index contributed by atoms with van der Waals surface area (Å²) < 4.78 is 22.6. The van der Waals surface area contributed by atoms with Crippen LogP contribution in [0.5, 0.6) is 0 Å². The monoisotopic (exact) mass is 248 g/mol. The Morgan fingerprint density at radius 3 is 2.12 bits per heavy atom. The maximum Gasteiger partial charge on any atom is 0.240 e. The smallest absolute Gasteiger partial charge is 0.240 e. The second-order valence-electron chi connectivity index (χ2n) is 4.68. The number of piperazine rings is 1. The number of carbonyl (C=O) groups is 1. The molecule has 94 valence electrons. The van der Waals surface area contributed by atoms with Crippen LogP contribution in [-0.4, -0.2) is 55.9 Å². The molecule has 0 bridgehead atoms. The molecule has 1 N–H and O–H groups in total. The molecule has 1 saturated heterocycles. The number of hydrogen-bond donors (Lipinski definition) is 1. The van der Waals surface area contributed by atoms with E-state index in [-0.39, 0.29) is 18.0 Å². The van der Waals surface area contributed by atoms with Crippen LogP contribution in [-0.2, 0) is 14.6 Å². The van der Waals surface area contributed by atoms with E-state index in [1.807, 2.05) is 13.8 Å². The topological polar surface area (TPSA) is 66.5 Å². The predicted octanol–water partition coefficient (Wildman–Crippen LogP) is -0.372. The van der Waals surface area contributed by atoms with Crippen molar-refractivity contribution in [3.8, 4) is 0 Å². The number of nitrogens with one attached hydrogen (secondary N) is 1. The Kier molecular flexibility index (Phi) is 3.96. The molecule has 0 saturated carbocycles. The zero-order valence-electron chi connectivity index (χ0n) is 10.2. The van der Waals surface area contributed by atoms with Crippen molar-refractivity contribution in [3.05, 3.63) is 0 Å². The molecular weight excluding hydrogens is 228 g/mol. The van der Waals surface area contributed by atoms with Crippen LogP contribution in [0.3, 0.4) is 0 Å². The Morgan fingerprint density at radius 2 is 1.75 bits per heavy atom. The highest BCUT2D eigenvalue weighted by Gasteiger charge is 2.32. The first-order valence-electron chi connectivity index (χ1n) is 5.45. The van der Waals surface area contributed by atoms with Crippen molar-refractivity contribution in [1.82, 2.24) is 10.2 Å². The van der Waals surface area contributed by atoms with E-state index in [4.69, 9.17) is 0 Å². The maximum absolute atomic E-state index is 12.0. The van der Waals surface area contributed by atoms with Crippen LogP contribution in [0.2, 0.25) is 0 Å². The second kappa shape index (κ2) is 4.71. The number of hydrogen-bond acceptors (Lipinski definition) is 4. The van der Waals surface area contributed by atoms with Gasteiger partial charge in [-0.3, -0.25) is 4.79 Å². The largest absolute Gasteiger partial charge is 0.338 e. The van der Waals surface area contributed by atoms with Gasteiger partial charge in [0.25, 0.3) is 0 Å². The highest BCUT2D eigenvalue weighted by atomic mass is 32.2.